The summed E-state index contributed by atoms with van der Waals surface area (Å²) in [5.74, 6) is 2.46. The number of hydrogen-bond acceptors (Lipinski definition) is 3. The third-order valence-corrected chi connectivity index (χ3v) is 3.33. The average molecular weight is 287 g/mol. The van der Waals surface area contributed by atoms with Gasteiger partial charge in [-0.25, -0.2) is 0 Å². The maximum Gasteiger partial charge on any atom is 0.138 e. The lowest BCUT2D eigenvalue weighted by molar-refractivity contribution is 0.481. The van der Waals surface area contributed by atoms with Crippen LogP contribution in [0.3, 0.4) is 0 Å². The Morgan fingerprint density at radius 3 is 2.60 bits per heavy atom. The van der Waals surface area contributed by atoms with Gasteiger partial charge in [-0.2, -0.15) is 0 Å². The quantitative estimate of drug-likeness (QED) is 0.929. The Hall–Kier alpha value is -2.00. The van der Waals surface area contributed by atoms with E-state index in [1.807, 2.05) is 48.5 Å². The van der Waals surface area contributed by atoms with Crippen molar-refractivity contribution in [3.8, 4) is 11.5 Å². The number of nitrogens with one attached hydrogen (secondary N) is 1. The Labute approximate surface area is 123 Å². The summed E-state index contributed by atoms with van der Waals surface area (Å²) < 4.78 is 5.94. The van der Waals surface area contributed by atoms with Crippen LogP contribution in [-0.4, -0.2) is 18.9 Å². The molecule has 0 unspecified atom stereocenters. The fraction of sp³-hybridized carbons (Fsp3) is 0.188. The van der Waals surface area contributed by atoms with E-state index in [-0.39, 0.29) is 0 Å². The van der Waals surface area contributed by atoms with Crippen molar-refractivity contribution in [3.63, 3.8) is 0 Å². The molecule has 1 aliphatic heterocycles. The van der Waals surface area contributed by atoms with Gasteiger partial charge in [-0.15, -0.1) is 0 Å². The standard InChI is InChI=1S/C16H15ClN2O/c17-12-6-8-13(9-7-12)20-15-5-2-1-4-14(15)16-18-10-3-11-19-16/h1-2,4-9H,3,10-11H2,(H,18,19). The van der Waals surface area contributed by atoms with E-state index < -0.39 is 0 Å². The van der Waals surface area contributed by atoms with E-state index in [1.54, 1.807) is 0 Å². The Morgan fingerprint density at radius 1 is 1.05 bits per heavy atom. The van der Waals surface area contributed by atoms with Crippen LogP contribution >= 0.6 is 11.6 Å². The van der Waals surface area contributed by atoms with Crippen LogP contribution in [0.5, 0.6) is 11.5 Å². The molecule has 2 aromatic rings. The van der Waals surface area contributed by atoms with Crippen LogP contribution in [0.2, 0.25) is 5.02 Å². The molecule has 0 radical (unpaired) electrons. The fourth-order valence-electron chi connectivity index (χ4n) is 2.09. The van der Waals surface area contributed by atoms with E-state index in [0.29, 0.717) is 5.02 Å². The molecule has 3 rings (SSSR count). The van der Waals surface area contributed by atoms with Gasteiger partial charge in [0, 0.05) is 18.1 Å². The van der Waals surface area contributed by atoms with Gasteiger partial charge in [-0.3, -0.25) is 4.99 Å². The van der Waals surface area contributed by atoms with Crippen LogP contribution in [-0.2, 0) is 0 Å². The van der Waals surface area contributed by atoms with Crippen LogP contribution < -0.4 is 10.1 Å². The van der Waals surface area contributed by atoms with Gasteiger partial charge in [-0.1, -0.05) is 23.7 Å². The lowest BCUT2D eigenvalue weighted by Crippen LogP contribution is -2.30. The molecule has 0 saturated carbocycles. The van der Waals surface area contributed by atoms with Crippen molar-refractivity contribution in [2.75, 3.05) is 13.1 Å². The summed E-state index contributed by atoms with van der Waals surface area (Å²) in [6.07, 6.45) is 1.07. The maximum absolute atomic E-state index is 5.94. The maximum atomic E-state index is 5.94. The normalized spacial score (nSPS) is 14.3. The number of hydrogen-bond donors (Lipinski definition) is 1. The molecule has 1 aliphatic rings. The third kappa shape index (κ3) is 2.94. The molecule has 1 heterocycles. The average Bonchev–Trinajstić information content (AvgIpc) is 2.51. The smallest absolute Gasteiger partial charge is 0.138 e. The Morgan fingerprint density at radius 2 is 1.85 bits per heavy atom. The summed E-state index contributed by atoms with van der Waals surface area (Å²) in [4.78, 5) is 4.52. The van der Waals surface area contributed by atoms with E-state index in [1.165, 1.54) is 0 Å². The highest BCUT2D eigenvalue weighted by atomic mass is 35.5. The number of benzene rings is 2. The van der Waals surface area contributed by atoms with Crippen LogP contribution in [0.15, 0.2) is 53.5 Å². The van der Waals surface area contributed by atoms with E-state index in [9.17, 15) is 0 Å². The third-order valence-electron chi connectivity index (χ3n) is 3.08. The van der Waals surface area contributed by atoms with Gasteiger partial charge < -0.3 is 10.1 Å². The zero-order valence-corrected chi connectivity index (χ0v) is 11.7. The second-order valence-corrected chi connectivity index (χ2v) is 5.00. The molecule has 0 fully saturated rings. The number of aliphatic imine (C=N–C) groups is 1. The predicted octanol–water partition coefficient (Wildman–Crippen LogP) is 3.87. The van der Waals surface area contributed by atoms with Crippen molar-refractivity contribution in [2.24, 2.45) is 4.99 Å². The van der Waals surface area contributed by atoms with Gasteiger partial charge in [-0.05, 0) is 42.8 Å². The minimum absolute atomic E-state index is 0.698. The van der Waals surface area contributed by atoms with Crippen LogP contribution in [0.1, 0.15) is 12.0 Å². The van der Waals surface area contributed by atoms with E-state index >= 15 is 0 Å². The van der Waals surface area contributed by atoms with Gasteiger partial charge in [0.1, 0.15) is 17.3 Å². The molecule has 0 amide bonds. The lowest BCUT2D eigenvalue weighted by Gasteiger charge is -2.17. The molecule has 102 valence electrons. The van der Waals surface area contributed by atoms with Crippen LogP contribution in [0, 0.1) is 0 Å². The first kappa shape index (κ1) is 13.0. The first-order chi connectivity index (χ1) is 9.83. The van der Waals surface area contributed by atoms with Crippen molar-refractivity contribution >= 4 is 17.4 Å². The van der Waals surface area contributed by atoms with Crippen molar-refractivity contribution in [1.82, 2.24) is 5.32 Å². The molecule has 0 aliphatic carbocycles. The molecule has 4 heteroatoms. The van der Waals surface area contributed by atoms with Gasteiger partial charge in [0.15, 0.2) is 0 Å². The van der Waals surface area contributed by atoms with Crippen molar-refractivity contribution in [2.45, 2.75) is 6.42 Å². The van der Waals surface area contributed by atoms with Gasteiger partial charge in [0.05, 0.1) is 5.56 Å². The van der Waals surface area contributed by atoms with E-state index in [4.69, 9.17) is 16.3 Å². The van der Waals surface area contributed by atoms with Crippen molar-refractivity contribution in [1.29, 1.82) is 0 Å². The lowest BCUT2D eigenvalue weighted by atomic mass is 10.1. The molecule has 0 atom stereocenters. The summed E-state index contributed by atoms with van der Waals surface area (Å²) in [7, 11) is 0. The molecule has 0 aromatic heterocycles. The van der Waals surface area contributed by atoms with Crippen molar-refractivity contribution in [3.05, 3.63) is 59.1 Å². The Kier molecular flexibility index (Phi) is 3.88. The Bertz CT molecular complexity index is 623. The van der Waals surface area contributed by atoms with Crippen molar-refractivity contribution < 1.29 is 4.74 Å². The highest BCUT2D eigenvalue weighted by Gasteiger charge is 2.12. The summed E-state index contributed by atoms with van der Waals surface area (Å²) in [5.41, 5.74) is 0.988. The highest BCUT2D eigenvalue weighted by molar-refractivity contribution is 6.30. The number of halogens is 1. The van der Waals surface area contributed by atoms with Gasteiger partial charge in [0.2, 0.25) is 0 Å². The minimum atomic E-state index is 0.698. The zero-order valence-electron chi connectivity index (χ0n) is 11.0. The summed E-state index contributed by atoms with van der Waals surface area (Å²) in [5, 5.41) is 4.02. The first-order valence-corrected chi connectivity index (χ1v) is 7.02. The number of para-hydroxylation sites is 1. The Balaban J connectivity index is 1.89. The molecule has 2 aromatic carbocycles. The number of ether oxygens (including phenoxy) is 1. The SMILES string of the molecule is Clc1ccc(Oc2ccccc2C2=NCCCN2)cc1. The molecular weight excluding hydrogens is 272 g/mol. The fourth-order valence-corrected chi connectivity index (χ4v) is 2.22. The molecule has 0 bridgehead atoms. The largest absolute Gasteiger partial charge is 0.457 e. The molecule has 0 spiro atoms. The van der Waals surface area contributed by atoms with Crippen LogP contribution in [0.25, 0.3) is 0 Å². The second-order valence-electron chi connectivity index (χ2n) is 4.56. The summed E-state index contributed by atoms with van der Waals surface area (Å²) in [6.45, 7) is 1.81. The minimum Gasteiger partial charge on any atom is -0.457 e. The zero-order chi connectivity index (χ0) is 13.8. The van der Waals surface area contributed by atoms with E-state index in [2.05, 4.69) is 10.3 Å². The van der Waals surface area contributed by atoms with Gasteiger partial charge >= 0.3 is 0 Å². The molecule has 1 N–H and O–H groups in total. The number of amidine groups is 1. The highest BCUT2D eigenvalue weighted by Crippen LogP contribution is 2.26. The predicted molar refractivity (Wildman–Crippen MR) is 82.0 cm³/mol. The number of rotatable bonds is 3. The topological polar surface area (TPSA) is 33.6 Å². The number of nitrogens with zero attached hydrogens (tertiary/aromatic N) is 1. The molecule has 0 saturated heterocycles. The van der Waals surface area contributed by atoms with Gasteiger partial charge in [0.25, 0.3) is 0 Å². The molecule has 20 heavy (non-hydrogen) atoms. The molecule has 3 nitrogen and oxygen atoms in total. The second kappa shape index (κ2) is 5.97. The van der Waals surface area contributed by atoms with Crippen LogP contribution in [0.4, 0.5) is 0 Å². The van der Waals surface area contributed by atoms with E-state index in [0.717, 1.165) is 42.4 Å². The summed E-state index contributed by atoms with van der Waals surface area (Å²) >= 11 is 5.88. The first-order valence-electron chi connectivity index (χ1n) is 6.64. The summed E-state index contributed by atoms with van der Waals surface area (Å²) in [6, 6.07) is 15.3. The molecular formula is C16H15ClN2O. The monoisotopic (exact) mass is 286 g/mol.